The Morgan fingerprint density at radius 1 is 1.12 bits per heavy atom. The Bertz CT molecular complexity index is 1360. The van der Waals surface area contributed by atoms with Gasteiger partial charge in [-0.1, -0.05) is 60.1 Å². The van der Waals surface area contributed by atoms with Crippen molar-refractivity contribution < 1.29 is 14.8 Å². The number of nitro benzene ring substituents is 1. The third-order valence-electron chi connectivity index (χ3n) is 6.31. The largest absolute Gasteiger partial charge is 0.868 e. The molecule has 1 aliphatic carbocycles. The van der Waals surface area contributed by atoms with Crippen LogP contribution in [-0.2, 0) is 4.79 Å². The second-order valence-electron chi connectivity index (χ2n) is 9.22. The average molecular weight is 492 g/mol. The summed E-state index contributed by atoms with van der Waals surface area (Å²) < 4.78 is 0.427. The van der Waals surface area contributed by atoms with E-state index in [1.807, 2.05) is 36.4 Å². The van der Waals surface area contributed by atoms with Crippen molar-refractivity contribution in [3.63, 3.8) is 0 Å². The molecule has 0 bridgehead atoms. The lowest BCUT2D eigenvalue weighted by atomic mass is 9.67. The summed E-state index contributed by atoms with van der Waals surface area (Å²) in [6.07, 6.45) is 1.03. The molecule has 6 nitrogen and oxygen atoms in total. The van der Waals surface area contributed by atoms with Gasteiger partial charge in [0.25, 0.3) is 5.69 Å². The Morgan fingerprint density at radius 2 is 1.88 bits per heavy atom. The number of nitro groups is 1. The van der Waals surface area contributed by atoms with Gasteiger partial charge in [-0.05, 0) is 51.6 Å². The van der Waals surface area contributed by atoms with E-state index in [9.17, 15) is 20.0 Å². The van der Waals surface area contributed by atoms with Crippen LogP contribution in [-0.4, -0.2) is 10.7 Å². The second kappa shape index (κ2) is 7.17. The maximum absolute atomic E-state index is 13.4. The Balaban J connectivity index is 1.82. The lowest BCUT2D eigenvalue weighted by molar-refractivity contribution is -0.398. The molecule has 1 heterocycles. The van der Waals surface area contributed by atoms with Gasteiger partial charge in [0.05, 0.1) is 11.0 Å². The maximum Gasteiger partial charge on any atom is 0.263 e. The number of allylic oxidation sites excluding steroid dienone is 1. The Kier molecular flexibility index (Phi) is 4.64. The molecule has 0 fully saturated rings. The SMILES string of the molecule is CC1(C)CC(=O)C2=C(C1)c1c(ccc3ccccc13)N[C@H]2c1cc(Br)cc([N+](=O)[O-])c1[O-]. The number of hydrogen-bond acceptors (Lipinski definition) is 5. The van der Waals surface area contributed by atoms with E-state index in [2.05, 4.69) is 35.1 Å². The number of hydrogen-bond donors (Lipinski definition) is 1. The van der Waals surface area contributed by atoms with E-state index >= 15 is 0 Å². The number of rotatable bonds is 2. The standard InChI is InChI=1S/C25H21BrN2O4/c1-25(2)11-17-21-15-6-4-3-5-13(15)7-8-18(21)27-23(22(17)20(29)12-25)16-9-14(26)10-19(24(16)30)28(31)32/h3-10,23,27,30H,11-12H2,1-2H3/p-1/t23-/m0/s1. The molecule has 5 rings (SSSR count). The van der Waals surface area contributed by atoms with Gasteiger partial charge in [0.1, 0.15) is 0 Å². The number of carbonyl (C=O) groups is 1. The lowest BCUT2D eigenvalue weighted by Crippen LogP contribution is -2.33. The van der Waals surface area contributed by atoms with Crippen LogP contribution < -0.4 is 10.4 Å². The summed E-state index contributed by atoms with van der Waals surface area (Å²) in [7, 11) is 0. The molecule has 7 heteroatoms. The van der Waals surface area contributed by atoms with E-state index in [0.29, 0.717) is 22.9 Å². The van der Waals surface area contributed by atoms with Gasteiger partial charge >= 0.3 is 0 Å². The van der Waals surface area contributed by atoms with Crippen LogP contribution in [0.2, 0.25) is 0 Å². The van der Waals surface area contributed by atoms with E-state index in [1.54, 1.807) is 6.07 Å². The van der Waals surface area contributed by atoms with Crippen molar-refractivity contribution in [3.8, 4) is 5.75 Å². The van der Waals surface area contributed by atoms with Gasteiger partial charge in [-0.2, -0.15) is 0 Å². The van der Waals surface area contributed by atoms with Crippen molar-refractivity contribution in [2.75, 3.05) is 5.32 Å². The summed E-state index contributed by atoms with van der Waals surface area (Å²) in [5.74, 6) is -0.709. The molecule has 32 heavy (non-hydrogen) atoms. The van der Waals surface area contributed by atoms with E-state index in [0.717, 1.165) is 27.6 Å². The minimum atomic E-state index is -0.744. The van der Waals surface area contributed by atoms with Crippen LogP contribution in [0.3, 0.4) is 0 Å². The molecule has 0 aromatic heterocycles. The number of ketones is 1. The highest BCUT2D eigenvalue weighted by Gasteiger charge is 2.41. The van der Waals surface area contributed by atoms with E-state index < -0.39 is 22.4 Å². The molecule has 1 atom stereocenters. The van der Waals surface area contributed by atoms with Gasteiger partial charge in [0.15, 0.2) is 5.78 Å². The van der Waals surface area contributed by atoms with Crippen molar-refractivity contribution in [2.45, 2.75) is 32.7 Å². The van der Waals surface area contributed by atoms with Crippen molar-refractivity contribution >= 4 is 49.4 Å². The van der Waals surface area contributed by atoms with E-state index in [4.69, 9.17) is 0 Å². The molecule has 2 aliphatic rings. The molecular weight excluding hydrogens is 472 g/mol. The quantitative estimate of drug-likeness (QED) is 0.355. The van der Waals surface area contributed by atoms with Crippen LogP contribution in [0, 0.1) is 15.5 Å². The minimum absolute atomic E-state index is 0.0330. The highest BCUT2D eigenvalue weighted by Crippen LogP contribution is 2.53. The molecule has 0 saturated heterocycles. The fourth-order valence-corrected chi connectivity index (χ4v) is 5.48. The topological polar surface area (TPSA) is 95.3 Å². The summed E-state index contributed by atoms with van der Waals surface area (Å²) >= 11 is 3.30. The molecular formula is C25H20BrN2O4-. The number of anilines is 1. The Labute approximate surface area is 193 Å². The number of nitrogens with one attached hydrogen (secondary N) is 1. The number of carbonyl (C=O) groups excluding carboxylic acids is 1. The van der Waals surface area contributed by atoms with Crippen LogP contribution >= 0.6 is 15.9 Å². The first-order chi connectivity index (χ1) is 15.2. The number of nitrogens with zero attached hydrogens (tertiary/aromatic N) is 1. The van der Waals surface area contributed by atoms with Crippen LogP contribution in [0.1, 0.15) is 43.9 Å². The summed E-state index contributed by atoms with van der Waals surface area (Å²) in [5, 5.41) is 30.0. The van der Waals surface area contributed by atoms with Gasteiger partial charge < -0.3 is 10.4 Å². The fraction of sp³-hybridized carbons (Fsp3) is 0.240. The number of fused-ring (bicyclic) bond motifs is 4. The van der Waals surface area contributed by atoms with Crippen LogP contribution in [0.15, 0.2) is 58.6 Å². The Hall–Kier alpha value is -3.19. The van der Waals surface area contributed by atoms with Crippen LogP contribution in [0.5, 0.6) is 5.75 Å². The Morgan fingerprint density at radius 3 is 2.62 bits per heavy atom. The normalized spacial score (nSPS) is 19.3. The molecule has 162 valence electrons. The van der Waals surface area contributed by atoms with Crippen molar-refractivity contribution in [3.05, 3.63) is 79.8 Å². The zero-order chi connectivity index (χ0) is 22.8. The zero-order valence-electron chi connectivity index (χ0n) is 17.6. The molecule has 3 aromatic carbocycles. The third-order valence-corrected chi connectivity index (χ3v) is 6.77. The zero-order valence-corrected chi connectivity index (χ0v) is 19.2. The fourth-order valence-electron chi connectivity index (χ4n) is 5.02. The van der Waals surface area contributed by atoms with Gasteiger partial charge in [0.2, 0.25) is 0 Å². The first-order valence-electron chi connectivity index (χ1n) is 10.4. The molecule has 0 spiro atoms. The first-order valence-corrected chi connectivity index (χ1v) is 11.2. The van der Waals surface area contributed by atoms with Crippen molar-refractivity contribution in [1.29, 1.82) is 0 Å². The minimum Gasteiger partial charge on any atom is -0.868 e. The van der Waals surface area contributed by atoms with E-state index in [1.165, 1.54) is 6.07 Å². The van der Waals surface area contributed by atoms with Gasteiger partial charge in [0, 0.05) is 33.8 Å². The molecule has 3 aromatic rings. The summed E-state index contributed by atoms with van der Waals surface area (Å²) in [5.41, 5.74) is 2.72. The number of benzene rings is 3. The summed E-state index contributed by atoms with van der Waals surface area (Å²) in [6.45, 7) is 4.14. The number of halogens is 1. The van der Waals surface area contributed by atoms with Gasteiger partial charge in [-0.25, -0.2) is 0 Å². The number of Topliss-reactive ketones (excluding diaryl/α,β-unsaturated/α-hetero) is 1. The summed E-state index contributed by atoms with van der Waals surface area (Å²) in [4.78, 5) is 24.2. The van der Waals surface area contributed by atoms with Crippen molar-refractivity contribution in [1.82, 2.24) is 0 Å². The molecule has 1 N–H and O–H groups in total. The predicted octanol–water partition coefficient (Wildman–Crippen LogP) is 5.89. The molecule has 0 unspecified atom stereocenters. The molecule has 0 radical (unpaired) electrons. The monoisotopic (exact) mass is 491 g/mol. The molecule has 1 aliphatic heterocycles. The van der Waals surface area contributed by atoms with E-state index in [-0.39, 0.29) is 16.8 Å². The van der Waals surface area contributed by atoms with Crippen LogP contribution in [0.25, 0.3) is 16.3 Å². The lowest BCUT2D eigenvalue weighted by Gasteiger charge is -2.41. The van der Waals surface area contributed by atoms with Crippen molar-refractivity contribution in [2.24, 2.45) is 5.41 Å². The predicted molar refractivity (Wildman–Crippen MR) is 125 cm³/mol. The molecule has 0 amide bonds. The van der Waals surface area contributed by atoms with Crippen LogP contribution in [0.4, 0.5) is 11.4 Å². The highest BCUT2D eigenvalue weighted by molar-refractivity contribution is 9.10. The third kappa shape index (κ3) is 3.19. The smallest absolute Gasteiger partial charge is 0.263 e. The van der Waals surface area contributed by atoms with Gasteiger partial charge in [-0.15, -0.1) is 0 Å². The second-order valence-corrected chi connectivity index (χ2v) is 10.1. The molecule has 0 saturated carbocycles. The maximum atomic E-state index is 13.4. The first kappa shape index (κ1) is 20.7. The van der Waals surface area contributed by atoms with Gasteiger partial charge in [-0.3, -0.25) is 14.9 Å². The average Bonchev–Trinajstić information content (AvgIpc) is 2.73. The summed E-state index contributed by atoms with van der Waals surface area (Å²) in [6, 6.07) is 14.0. The highest BCUT2D eigenvalue weighted by atomic mass is 79.9.